The van der Waals surface area contributed by atoms with Crippen LogP contribution in [-0.2, 0) is 9.59 Å². The molecule has 19 heavy (non-hydrogen) atoms. The van der Waals surface area contributed by atoms with Crippen molar-refractivity contribution >= 4 is 35.1 Å². The third-order valence-electron chi connectivity index (χ3n) is 3.08. The molecule has 0 heterocycles. The molecule has 0 saturated heterocycles. The zero-order chi connectivity index (χ0) is 14.0. The number of amides is 1. The normalized spacial score (nSPS) is 20.9. The SMILES string of the molecule is O=C(O)CCNC(=O)C1CC1c1cc(Cl)cc(Cl)c1. The molecule has 0 spiro atoms. The Morgan fingerprint density at radius 3 is 2.47 bits per heavy atom. The lowest BCUT2D eigenvalue weighted by Gasteiger charge is -2.04. The largest absolute Gasteiger partial charge is 0.481 e. The number of carboxylic acids is 1. The molecule has 1 aromatic rings. The van der Waals surface area contributed by atoms with Gasteiger partial charge in [0, 0.05) is 22.5 Å². The smallest absolute Gasteiger partial charge is 0.305 e. The molecule has 1 amide bonds. The number of halogens is 2. The van der Waals surface area contributed by atoms with Crippen molar-refractivity contribution in [2.24, 2.45) is 5.92 Å². The molecule has 2 unspecified atom stereocenters. The second-order valence-corrected chi connectivity index (χ2v) is 5.46. The lowest BCUT2D eigenvalue weighted by Crippen LogP contribution is -2.27. The fourth-order valence-electron chi connectivity index (χ4n) is 2.07. The van der Waals surface area contributed by atoms with Crippen LogP contribution in [0.5, 0.6) is 0 Å². The van der Waals surface area contributed by atoms with E-state index < -0.39 is 5.97 Å². The van der Waals surface area contributed by atoms with E-state index in [0.717, 1.165) is 12.0 Å². The summed E-state index contributed by atoms with van der Waals surface area (Å²) in [6, 6.07) is 5.27. The number of benzene rings is 1. The monoisotopic (exact) mass is 301 g/mol. The first-order valence-electron chi connectivity index (χ1n) is 5.93. The Hall–Kier alpha value is -1.26. The Balaban J connectivity index is 1.89. The minimum absolute atomic E-state index is 0.0634. The molecule has 4 nitrogen and oxygen atoms in total. The Kier molecular flexibility index (Phi) is 4.32. The van der Waals surface area contributed by atoms with Crippen LogP contribution in [0.25, 0.3) is 0 Å². The van der Waals surface area contributed by atoms with Crippen LogP contribution in [0.1, 0.15) is 24.3 Å². The average Bonchev–Trinajstić information content (AvgIpc) is 3.06. The maximum Gasteiger partial charge on any atom is 0.305 e. The number of carboxylic acid groups (broad SMARTS) is 1. The van der Waals surface area contributed by atoms with E-state index in [1.807, 2.05) is 12.1 Å². The third kappa shape index (κ3) is 3.85. The van der Waals surface area contributed by atoms with E-state index >= 15 is 0 Å². The summed E-state index contributed by atoms with van der Waals surface area (Å²) in [6.45, 7) is 0.160. The van der Waals surface area contributed by atoms with Crippen molar-refractivity contribution in [3.8, 4) is 0 Å². The standard InChI is InChI=1S/C13H13Cl2NO3/c14-8-3-7(4-9(15)5-8)10-6-11(10)13(19)16-2-1-12(17)18/h3-5,10-11H,1-2,6H2,(H,16,19)(H,17,18). The summed E-state index contributed by atoms with van der Waals surface area (Å²) in [5.74, 6) is -1.01. The molecule has 1 aliphatic carbocycles. The summed E-state index contributed by atoms with van der Waals surface area (Å²) < 4.78 is 0. The molecule has 0 bridgehead atoms. The van der Waals surface area contributed by atoms with Crippen molar-refractivity contribution in [3.63, 3.8) is 0 Å². The Morgan fingerprint density at radius 1 is 1.26 bits per heavy atom. The Bertz CT molecular complexity index is 498. The number of carbonyl (C=O) groups excluding carboxylic acids is 1. The van der Waals surface area contributed by atoms with Gasteiger partial charge in [-0.05, 0) is 36.1 Å². The molecule has 0 radical (unpaired) electrons. The highest BCUT2D eigenvalue weighted by molar-refractivity contribution is 6.34. The zero-order valence-corrected chi connectivity index (χ0v) is 11.5. The number of carbonyl (C=O) groups is 2. The van der Waals surface area contributed by atoms with Gasteiger partial charge in [0.25, 0.3) is 0 Å². The van der Waals surface area contributed by atoms with Crippen LogP contribution in [0.4, 0.5) is 0 Å². The highest BCUT2D eigenvalue weighted by Gasteiger charge is 2.43. The topological polar surface area (TPSA) is 66.4 Å². The van der Waals surface area contributed by atoms with E-state index in [0.29, 0.717) is 10.0 Å². The van der Waals surface area contributed by atoms with Crippen LogP contribution in [0, 0.1) is 5.92 Å². The van der Waals surface area contributed by atoms with Crippen LogP contribution in [0.3, 0.4) is 0 Å². The van der Waals surface area contributed by atoms with Crippen LogP contribution < -0.4 is 5.32 Å². The van der Waals surface area contributed by atoms with Crippen LogP contribution in [0.15, 0.2) is 18.2 Å². The number of hydrogen-bond acceptors (Lipinski definition) is 2. The maximum atomic E-state index is 11.8. The average molecular weight is 302 g/mol. The second kappa shape index (κ2) is 5.80. The minimum atomic E-state index is -0.922. The molecule has 1 aromatic carbocycles. The molecular formula is C13H13Cl2NO3. The number of aliphatic carboxylic acids is 1. The molecule has 6 heteroatoms. The molecule has 1 aliphatic rings. The molecule has 102 valence electrons. The summed E-state index contributed by atoms with van der Waals surface area (Å²) in [6.07, 6.45) is 0.682. The molecule has 1 fully saturated rings. The van der Waals surface area contributed by atoms with Gasteiger partial charge in [-0.3, -0.25) is 9.59 Å². The van der Waals surface area contributed by atoms with Gasteiger partial charge in [0.1, 0.15) is 0 Å². The van der Waals surface area contributed by atoms with Crippen LogP contribution in [0.2, 0.25) is 10.0 Å². The van der Waals surface area contributed by atoms with Crippen molar-refractivity contribution in [1.82, 2.24) is 5.32 Å². The fraction of sp³-hybridized carbons (Fsp3) is 0.385. The van der Waals surface area contributed by atoms with Gasteiger partial charge < -0.3 is 10.4 Å². The number of rotatable bonds is 5. The second-order valence-electron chi connectivity index (χ2n) is 4.59. The van der Waals surface area contributed by atoms with Crippen LogP contribution >= 0.6 is 23.2 Å². The van der Waals surface area contributed by atoms with Gasteiger partial charge in [0.05, 0.1) is 6.42 Å². The zero-order valence-electron chi connectivity index (χ0n) is 10.0. The van der Waals surface area contributed by atoms with Crippen molar-refractivity contribution < 1.29 is 14.7 Å². The quantitative estimate of drug-likeness (QED) is 0.879. The van der Waals surface area contributed by atoms with Gasteiger partial charge in [-0.25, -0.2) is 0 Å². The molecule has 0 aromatic heterocycles. The molecule has 2 N–H and O–H groups in total. The Morgan fingerprint density at radius 2 is 1.89 bits per heavy atom. The van der Waals surface area contributed by atoms with Gasteiger partial charge >= 0.3 is 5.97 Å². The first-order chi connectivity index (χ1) is 8.97. The van der Waals surface area contributed by atoms with Gasteiger partial charge in [-0.1, -0.05) is 23.2 Å². The lowest BCUT2D eigenvalue weighted by molar-refractivity contribution is -0.136. The molecule has 1 saturated carbocycles. The van der Waals surface area contributed by atoms with Gasteiger partial charge in [-0.15, -0.1) is 0 Å². The van der Waals surface area contributed by atoms with Crippen LogP contribution in [-0.4, -0.2) is 23.5 Å². The highest BCUT2D eigenvalue weighted by atomic mass is 35.5. The predicted octanol–water partition coefficient (Wildman–Crippen LogP) is 2.69. The van der Waals surface area contributed by atoms with Crippen molar-refractivity contribution in [3.05, 3.63) is 33.8 Å². The van der Waals surface area contributed by atoms with E-state index in [1.165, 1.54) is 0 Å². The van der Waals surface area contributed by atoms with Crippen molar-refractivity contribution in [2.45, 2.75) is 18.8 Å². The molecule has 2 rings (SSSR count). The van der Waals surface area contributed by atoms with Crippen molar-refractivity contribution in [1.29, 1.82) is 0 Å². The summed E-state index contributed by atoms with van der Waals surface area (Å²) in [4.78, 5) is 22.1. The lowest BCUT2D eigenvalue weighted by atomic mass is 10.1. The van der Waals surface area contributed by atoms with Crippen molar-refractivity contribution in [2.75, 3.05) is 6.54 Å². The number of hydrogen-bond donors (Lipinski definition) is 2. The predicted molar refractivity (Wildman–Crippen MR) is 72.6 cm³/mol. The summed E-state index contributed by atoms with van der Waals surface area (Å²) in [5.41, 5.74) is 0.955. The summed E-state index contributed by atoms with van der Waals surface area (Å²) in [7, 11) is 0. The van der Waals surface area contributed by atoms with E-state index in [4.69, 9.17) is 28.3 Å². The molecule has 0 aliphatic heterocycles. The van der Waals surface area contributed by atoms with E-state index in [2.05, 4.69) is 5.32 Å². The highest BCUT2D eigenvalue weighted by Crippen LogP contribution is 2.48. The first-order valence-corrected chi connectivity index (χ1v) is 6.68. The van der Waals surface area contributed by atoms with E-state index in [9.17, 15) is 9.59 Å². The summed E-state index contributed by atoms with van der Waals surface area (Å²) in [5, 5.41) is 12.2. The maximum absolute atomic E-state index is 11.8. The number of nitrogens with one attached hydrogen (secondary N) is 1. The van der Waals surface area contributed by atoms with Gasteiger partial charge in [0.2, 0.25) is 5.91 Å². The van der Waals surface area contributed by atoms with Gasteiger partial charge in [0.15, 0.2) is 0 Å². The van der Waals surface area contributed by atoms with E-state index in [1.54, 1.807) is 6.07 Å². The third-order valence-corrected chi connectivity index (χ3v) is 3.51. The Labute approximate surface area is 120 Å². The summed E-state index contributed by atoms with van der Waals surface area (Å²) >= 11 is 11.8. The minimum Gasteiger partial charge on any atom is -0.481 e. The van der Waals surface area contributed by atoms with Gasteiger partial charge in [-0.2, -0.15) is 0 Å². The molecular weight excluding hydrogens is 289 g/mol. The molecule has 2 atom stereocenters. The fourth-order valence-corrected chi connectivity index (χ4v) is 2.61. The first kappa shape index (κ1) is 14.2. The van der Waals surface area contributed by atoms with E-state index in [-0.39, 0.29) is 30.7 Å².